The number of hydrogen-bond donors (Lipinski definition) is 0. The number of allylic oxidation sites excluding steroid dienone is 1. The van der Waals surface area contributed by atoms with Crippen LogP contribution in [0.1, 0.15) is 80.5 Å². The van der Waals surface area contributed by atoms with Crippen LogP contribution >= 0.6 is 0 Å². The van der Waals surface area contributed by atoms with E-state index in [2.05, 4.69) is 72.2 Å². The summed E-state index contributed by atoms with van der Waals surface area (Å²) < 4.78 is 0. The van der Waals surface area contributed by atoms with Gasteiger partial charge in [-0.25, -0.2) is 0 Å². The third-order valence-corrected chi connectivity index (χ3v) is 5.13. The quantitative estimate of drug-likeness (QED) is 0.138. The van der Waals surface area contributed by atoms with Gasteiger partial charge in [-0.15, -0.1) is 6.58 Å². The van der Waals surface area contributed by atoms with E-state index in [1.807, 2.05) is 18.5 Å². The maximum atomic E-state index is 4.19. The first-order valence-corrected chi connectivity index (χ1v) is 11.2. The van der Waals surface area contributed by atoms with Crippen molar-refractivity contribution in [2.75, 3.05) is 0 Å². The van der Waals surface area contributed by atoms with E-state index in [-0.39, 0.29) is 0 Å². The zero-order valence-electron chi connectivity index (χ0n) is 18.0. The first-order chi connectivity index (χ1) is 14.3. The van der Waals surface area contributed by atoms with Gasteiger partial charge < -0.3 is 0 Å². The lowest BCUT2D eigenvalue weighted by molar-refractivity contribution is 0.632. The highest BCUT2D eigenvalue weighted by Gasteiger charge is 1.95. The molecule has 0 fully saturated rings. The van der Waals surface area contributed by atoms with E-state index < -0.39 is 0 Å². The van der Waals surface area contributed by atoms with Crippen LogP contribution in [-0.2, 0) is 12.8 Å². The van der Waals surface area contributed by atoms with Gasteiger partial charge in [-0.2, -0.15) is 10.2 Å². The van der Waals surface area contributed by atoms with Crippen LogP contribution < -0.4 is 0 Å². The number of unbranched alkanes of at least 4 members (excludes halogenated alkanes) is 6. The molecule has 0 aliphatic heterocycles. The fraction of sp³-hybridized carbons (Fsp3) is 0.407. The number of hydrogen-bond acceptors (Lipinski definition) is 2. The van der Waals surface area contributed by atoms with Gasteiger partial charge in [0.1, 0.15) is 0 Å². The van der Waals surface area contributed by atoms with E-state index in [9.17, 15) is 0 Å². The first kappa shape index (κ1) is 22.8. The molecule has 0 saturated carbocycles. The van der Waals surface area contributed by atoms with Crippen LogP contribution in [0, 0.1) is 0 Å². The van der Waals surface area contributed by atoms with E-state index in [0.717, 1.165) is 24.0 Å². The first-order valence-electron chi connectivity index (χ1n) is 11.2. The molecule has 0 aliphatic rings. The molecular weight excluding hydrogens is 352 g/mol. The summed E-state index contributed by atoms with van der Waals surface area (Å²) in [5.74, 6) is 0. The van der Waals surface area contributed by atoms with Crippen LogP contribution in [0.3, 0.4) is 0 Å². The minimum atomic E-state index is 1.08. The molecular formula is C27H36N2. The van der Waals surface area contributed by atoms with Gasteiger partial charge >= 0.3 is 0 Å². The Morgan fingerprint density at radius 2 is 1.14 bits per heavy atom. The Hall–Kier alpha value is -2.48. The topological polar surface area (TPSA) is 24.7 Å². The van der Waals surface area contributed by atoms with E-state index in [1.54, 1.807) is 0 Å². The fourth-order valence-electron chi connectivity index (χ4n) is 3.29. The molecule has 0 spiro atoms. The molecule has 2 heteroatoms. The predicted octanol–water partition coefficient (Wildman–Crippen LogP) is 7.55. The molecule has 0 saturated heterocycles. The maximum Gasteiger partial charge on any atom is 0.0568 e. The number of rotatable bonds is 14. The van der Waals surface area contributed by atoms with Gasteiger partial charge in [0.15, 0.2) is 0 Å². The van der Waals surface area contributed by atoms with Crippen molar-refractivity contribution in [1.29, 1.82) is 0 Å². The molecule has 2 aromatic rings. The van der Waals surface area contributed by atoms with Gasteiger partial charge in [-0.3, -0.25) is 0 Å². The van der Waals surface area contributed by atoms with E-state index in [4.69, 9.17) is 0 Å². The highest BCUT2D eigenvalue weighted by Crippen LogP contribution is 2.10. The minimum absolute atomic E-state index is 1.08. The molecule has 2 rings (SSSR count). The minimum Gasteiger partial charge on any atom is -0.159 e. The zero-order valence-corrected chi connectivity index (χ0v) is 18.0. The Kier molecular flexibility index (Phi) is 11.4. The zero-order chi connectivity index (χ0) is 20.6. The van der Waals surface area contributed by atoms with Crippen LogP contribution in [-0.4, -0.2) is 12.4 Å². The van der Waals surface area contributed by atoms with Gasteiger partial charge in [0.05, 0.1) is 12.4 Å². The molecule has 0 aromatic heterocycles. The van der Waals surface area contributed by atoms with Crippen molar-refractivity contribution in [1.82, 2.24) is 0 Å². The molecule has 2 aromatic carbocycles. The maximum absolute atomic E-state index is 4.19. The summed E-state index contributed by atoms with van der Waals surface area (Å²) in [5, 5.41) is 8.38. The Morgan fingerprint density at radius 3 is 1.62 bits per heavy atom. The summed E-state index contributed by atoms with van der Waals surface area (Å²) in [7, 11) is 0. The van der Waals surface area contributed by atoms with Crippen molar-refractivity contribution in [3.63, 3.8) is 0 Å². The van der Waals surface area contributed by atoms with Crippen molar-refractivity contribution in [3.05, 3.63) is 83.4 Å². The van der Waals surface area contributed by atoms with Crippen molar-refractivity contribution >= 4 is 12.4 Å². The van der Waals surface area contributed by atoms with Crippen molar-refractivity contribution in [2.24, 2.45) is 10.2 Å². The van der Waals surface area contributed by atoms with Gasteiger partial charge in [-0.05, 0) is 60.8 Å². The number of aryl methyl sites for hydroxylation is 2. The lowest BCUT2D eigenvalue weighted by atomic mass is 10.0. The Morgan fingerprint density at radius 1 is 0.655 bits per heavy atom. The summed E-state index contributed by atoms with van der Waals surface area (Å²) in [6.45, 7) is 6.03. The largest absolute Gasteiger partial charge is 0.159 e. The molecule has 0 atom stereocenters. The van der Waals surface area contributed by atoms with Crippen LogP contribution in [0.15, 0.2) is 71.4 Å². The summed E-state index contributed by atoms with van der Waals surface area (Å²) in [5.41, 5.74) is 4.95. The highest BCUT2D eigenvalue weighted by atomic mass is 15.2. The summed E-state index contributed by atoms with van der Waals surface area (Å²) in [6, 6.07) is 17.2. The Bertz CT molecular complexity index is 739. The third-order valence-electron chi connectivity index (χ3n) is 5.13. The molecule has 0 aliphatic carbocycles. The normalized spacial score (nSPS) is 11.5. The van der Waals surface area contributed by atoms with Crippen LogP contribution in [0.25, 0.3) is 0 Å². The summed E-state index contributed by atoms with van der Waals surface area (Å²) in [4.78, 5) is 0. The van der Waals surface area contributed by atoms with Crippen molar-refractivity contribution < 1.29 is 0 Å². The lowest BCUT2D eigenvalue weighted by Crippen LogP contribution is -1.88. The molecule has 154 valence electrons. The van der Waals surface area contributed by atoms with Crippen LogP contribution in [0.2, 0.25) is 0 Å². The van der Waals surface area contributed by atoms with Gasteiger partial charge in [0.25, 0.3) is 0 Å². The van der Waals surface area contributed by atoms with Crippen LogP contribution in [0.4, 0.5) is 0 Å². The van der Waals surface area contributed by atoms with Crippen molar-refractivity contribution in [2.45, 2.75) is 71.1 Å². The van der Waals surface area contributed by atoms with Gasteiger partial charge in [-0.1, -0.05) is 87.2 Å². The summed E-state index contributed by atoms with van der Waals surface area (Å²) in [6.07, 6.45) is 18.1. The van der Waals surface area contributed by atoms with E-state index >= 15 is 0 Å². The molecule has 0 N–H and O–H groups in total. The van der Waals surface area contributed by atoms with Crippen LogP contribution in [0.5, 0.6) is 0 Å². The molecule has 0 amide bonds. The average Bonchev–Trinajstić information content (AvgIpc) is 2.76. The van der Waals surface area contributed by atoms with Gasteiger partial charge in [0, 0.05) is 0 Å². The van der Waals surface area contributed by atoms with E-state index in [1.165, 1.54) is 62.5 Å². The molecule has 29 heavy (non-hydrogen) atoms. The average molecular weight is 389 g/mol. The summed E-state index contributed by atoms with van der Waals surface area (Å²) >= 11 is 0. The highest BCUT2D eigenvalue weighted by molar-refractivity contribution is 5.82. The molecule has 0 unspecified atom stereocenters. The monoisotopic (exact) mass is 388 g/mol. The second kappa shape index (κ2) is 14.5. The standard InChI is InChI=1S/C27H36N2/c1-3-5-7-9-11-13-25-16-20-27(21-17-25)23-29-28-22-26-18-14-24(15-19-26)12-10-8-6-4-2/h4,14-23H,2-3,5-13H2,1H3. The second-order valence-electron chi connectivity index (χ2n) is 7.67. The Balaban J connectivity index is 1.72. The number of nitrogens with zero attached hydrogens (tertiary/aromatic N) is 2. The molecule has 0 radical (unpaired) electrons. The molecule has 0 bridgehead atoms. The van der Waals surface area contributed by atoms with E-state index in [0.29, 0.717) is 0 Å². The lowest BCUT2D eigenvalue weighted by Gasteiger charge is -2.02. The second-order valence-corrected chi connectivity index (χ2v) is 7.67. The third kappa shape index (κ3) is 10.0. The Labute approximate surface area is 177 Å². The SMILES string of the molecule is C=CCCCCc1ccc(C=NN=Cc2ccc(CCCCCCC)cc2)cc1. The molecule has 0 heterocycles. The smallest absolute Gasteiger partial charge is 0.0568 e. The van der Waals surface area contributed by atoms with Gasteiger partial charge in [0.2, 0.25) is 0 Å². The van der Waals surface area contributed by atoms with Crippen molar-refractivity contribution in [3.8, 4) is 0 Å². The fourth-order valence-corrected chi connectivity index (χ4v) is 3.29. The number of benzene rings is 2. The molecule has 2 nitrogen and oxygen atoms in total. The predicted molar refractivity (Wildman–Crippen MR) is 128 cm³/mol.